The van der Waals surface area contributed by atoms with Crippen LogP contribution in [0.2, 0.25) is 0 Å². The van der Waals surface area contributed by atoms with Crippen molar-refractivity contribution in [1.29, 1.82) is 0 Å². The molecule has 0 bridgehead atoms. The van der Waals surface area contributed by atoms with Crippen molar-refractivity contribution in [1.82, 2.24) is 19.7 Å². The maximum atomic E-state index is 13.2. The fraction of sp³-hybridized carbons (Fsp3) is 0.240. The number of carbonyl (C=O) groups is 2. The molecule has 2 aromatic carbocycles. The summed E-state index contributed by atoms with van der Waals surface area (Å²) in [5.41, 5.74) is 4.96. The van der Waals surface area contributed by atoms with E-state index in [4.69, 9.17) is 4.74 Å². The summed E-state index contributed by atoms with van der Waals surface area (Å²) in [6.45, 7) is 5.66. The highest BCUT2D eigenvalue weighted by molar-refractivity contribution is 6.04. The summed E-state index contributed by atoms with van der Waals surface area (Å²) in [7, 11) is 0. The Kier molecular flexibility index (Phi) is 5.45. The van der Waals surface area contributed by atoms with Crippen LogP contribution in [0.5, 0.6) is 5.88 Å². The number of hydrogen-bond donors (Lipinski definition) is 1. The van der Waals surface area contributed by atoms with Crippen molar-refractivity contribution in [3.63, 3.8) is 0 Å². The molecule has 0 saturated heterocycles. The molecule has 172 valence electrons. The first-order valence-corrected chi connectivity index (χ1v) is 11.0. The van der Waals surface area contributed by atoms with Crippen molar-refractivity contribution in [2.24, 2.45) is 0 Å². The maximum absolute atomic E-state index is 13.2. The average Bonchev–Trinajstić information content (AvgIpc) is 3.17. The van der Waals surface area contributed by atoms with Crippen LogP contribution in [-0.4, -0.2) is 44.2 Å². The maximum Gasteiger partial charge on any atom is 0.265 e. The van der Waals surface area contributed by atoms with Crippen molar-refractivity contribution in [2.45, 2.75) is 33.2 Å². The third kappa shape index (κ3) is 3.96. The van der Waals surface area contributed by atoms with E-state index >= 15 is 0 Å². The number of aryl methyl sites for hydroxylation is 2. The second kappa shape index (κ2) is 8.58. The Labute approximate surface area is 196 Å². The highest BCUT2D eigenvalue weighted by atomic mass is 16.5. The van der Waals surface area contributed by atoms with Gasteiger partial charge in [0.1, 0.15) is 11.7 Å². The molecule has 0 aliphatic carbocycles. The zero-order valence-electron chi connectivity index (χ0n) is 19.1. The molecule has 0 saturated carbocycles. The Morgan fingerprint density at radius 3 is 2.71 bits per heavy atom. The molecule has 5 rings (SSSR count). The van der Waals surface area contributed by atoms with E-state index in [9.17, 15) is 9.59 Å². The molecule has 4 aromatic rings. The van der Waals surface area contributed by atoms with Gasteiger partial charge in [0, 0.05) is 12.5 Å². The monoisotopic (exact) mass is 456 g/mol. The lowest BCUT2D eigenvalue weighted by atomic mass is 10.1. The van der Waals surface area contributed by atoms with E-state index in [1.165, 1.54) is 6.33 Å². The van der Waals surface area contributed by atoms with E-state index in [2.05, 4.69) is 26.4 Å². The van der Waals surface area contributed by atoms with E-state index in [1.807, 2.05) is 51.1 Å². The Balaban J connectivity index is 1.42. The van der Waals surface area contributed by atoms with Crippen LogP contribution < -0.4 is 15.0 Å². The number of nitrogens with one attached hydrogen (secondary N) is 1. The lowest BCUT2D eigenvalue weighted by Crippen LogP contribution is -2.41. The minimum absolute atomic E-state index is 0.132. The molecule has 1 aliphatic rings. The van der Waals surface area contributed by atoms with Crippen molar-refractivity contribution < 1.29 is 14.3 Å². The minimum atomic E-state index is -0.322. The van der Waals surface area contributed by atoms with Crippen molar-refractivity contribution in [3.8, 4) is 11.6 Å². The van der Waals surface area contributed by atoms with E-state index in [0.29, 0.717) is 22.4 Å². The third-order valence-electron chi connectivity index (χ3n) is 5.74. The van der Waals surface area contributed by atoms with E-state index in [1.54, 1.807) is 21.8 Å². The molecule has 0 spiro atoms. The molecule has 1 N–H and O–H groups in total. The van der Waals surface area contributed by atoms with Crippen LogP contribution in [0, 0.1) is 13.8 Å². The fourth-order valence-electron chi connectivity index (χ4n) is 4.37. The Bertz CT molecular complexity index is 1390. The molecule has 0 unspecified atom stereocenters. The van der Waals surface area contributed by atoms with Gasteiger partial charge in [-0.15, -0.1) is 0 Å². The summed E-state index contributed by atoms with van der Waals surface area (Å²) in [5, 5.41) is 7.94. The largest absolute Gasteiger partial charge is 0.467 e. The third-order valence-corrected chi connectivity index (χ3v) is 5.74. The first kappa shape index (κ1) is 21.6. The van der Waals surface area contributed by atoms with E-state index < -0.39 is 0 Å². The number of nitrogens with zero attached hydrogens (tertiary/aromatic N) is 5. The summed E-state index contributed by atoms with van der Waals surface area (Å²) in [6, 6.07) is 13.1. The number of anilines is 2. The van der Waals surface area contributed by atoms with Gasteiger partial charge in [0.2, 0.25) is 11.8 Å². The minimum Gasteiger partial charge on any atom is -0.467 e. The van der Waals surface area contributed by atoms with Crippen LogP contribution in [0.3, 0.4) is 0 Å². The summed E-state index contributed by atoms with van der Waals surface area (Å²) >= 11 is 0. The van der Waals surface area contributed by atoms with Crippen LogP contribution >= 0.6 is 0 Å². The summed E-state index contributed by atoms with van der Waals surface area (Å²) in [4.78, 5) is 35.7. The number of amides is 2. The molecule has 0 radical (unpaired) electrons. The van der Waals surface area contributed by atoms with Crippen LogP contribution in [0.4, 0.5) is 11.4 Å². The molecule has 1 aliphatic heterocycles. The zero-order valence-corrected chi connectivity index (χ0v) is 19.1. The second-order valence-corrected chi connectivity index (χ2v) is 8.49. The number of ether oxygens (including phenoxy) is 1. The lowest BCUT2D eigenvalue weighted by molar-refractivity contribution is -0.121. The van der Waals surface area contributed by atoms with Gasteiger partial charge in [0.05, 0.1) is 23.3 Å². The lowest BCUT2D eigenvalue weighted by Gasteiger charge is -2.27. The van der Waals surface area contributed by atoms with Crippen molar-refractivity contribution in [3.05, 3.63) is 66.1 Å². The number of rotatable bonds is 4. The predicted molar refractivity (Wildman–Crippen MR) is 128 cm³/mol. The van der Waals surface area contributed by atoms with Gasteiger partial charge in [0.25, 0.3) is 5.91 Å². The number of fused-ring (bicyclic) bond motifs is 2. The summed E-state index contributed by atoms with van der Waals surface area (Å²) in [5.74, 6) is -0.128. The van der Waals surface area contributed by atoms with Gasteiger partial charge >= 0.3 is 0 Å². The Hall–Kier alpha value is -4.27. The van der Waals surface area contributed by atoms with Crippen LogP contribution in [0.25, 0.3) is 16.7 Å². The topological polar surface area (TPSA) is 102 Å². The second-order valence-electron chi connectivity index (χ2n) is 8.49. The molecule has 3 heterocycles. The summed E-state index contributed by atoms with van der Waals surface area (Å²) in [6.07, 6.45) is 3.23. The van der Waals surface area contributed by atoms with Gasteiger partial charge in [-0.1, -0.05) is 18.2 Å². The van der Waals surface area contributed by atoms with Gasteiger partial charge in [0.15, 0.2) is 12.3 Å². The molecule has 2 amide bonds. The molecule has 1 atom stereocenters. The quantitative estimate of drug-likeness (QED) is 0.504. The average molecular weight is 457 g/mol. The predicted octanol–water partition coefficient (Wildman–Crippen LogP) is 3.58. The van der Waals surface area contributed by atoms with Gasteiger partial charge < -0.3 is 15.0 Å². The number of benzene rings is 2. The normalized spacial score (nSPS) is 15.6. The first-order valence-electron chi connectivity index (χ1n) is 11.0. The van der Waals surface area contributed by atoms with Gasteiger partial charge in [-0.05, 0) is 56.2 Å². The fourth-order valence-corrected chi connectivity index (χ4v) is 4.37. The zero-order chi connectivity index (χ0) is 23.8. The van der Waals surface area contributed by atoms with Crippen molar-refractivity contribution >= 4 is 34.2 Å². The highest BCUT2D eigenvalue weighted by Crippen LogP contribution is 2.31. The van der Waals surface area contributed by atoms with Gasteiger partial charge in [-0.2, -0.15) is 5.10 Å². The van der Waals surface area contributed by atoms with Gasteiger partial charge in [-0.25, -0.2) is 14.6 Å². The van der Waals surface area contributed by atoms with Gasteiger partial charge in [-0.3, -0.25) is 9.59 Å². The Morgan fingerprint density at radius 2 is 1.91 bits per heavy atom. The highest BCUT2D eigenvalue weighted by Gasteiger charge is 2.30. The van der Waals surface area contributed by atoms with Crippen LogP contribution in [0.15, 0.2) is 55.0 Å². The first-order chi connectivity index (χ1) is 16.4. The number of aromatic nitrogens is 4. The van der Waals surface area contributed by atoms with Crippen molar-refractivity contribution in [2.75, 3.05) is 16.8 Å². The number of para-hydroxylation sites is 2. The molecule has 0 fully saturated rings. The van der Waals surface area contributed by atoms with Crippen LogP contribution in [-0.2, 0) is 9.59 Å². The molecule has 2 aromatic heterocycles. The molecular formula is C25H24N6O3. The van der Waals surface area contributed by atoms with E-state index in [-0.39, 0.29) is 36.8 Å². The van der Waals surface area contributed by atoms with Crippen LogP contribution in [0.1, 0.15) is 24.5 Å². The molecule has 34 heavy (non-hydrogen) atoms. The summed E-state index contributed by atoms with van der Waals surface area (Å²) < 4.78 is 7.59. The number of hydrogen-bond acceptors (Lipinski definition) is 6. The SMILES string of the molecule is Cc1cc(C)cc(-n2ncc3c(OCC(=O)N4c5ccccc5NC(=O)C[C@H]4C)ncnc32)c1. The van der Waals surface area contributed by atoms with E-state index in [0.717, 1.165) is 16.8 Å². The smallest absolute Gasteiger partial charge is 0.265 e. The molecule has 9 nitrogen and oxygen atoms in total. The number of carbonyl (C=O) groups excluding carboxylic acids is 2. The standard InChI is InChI=1S/C25H24N6O3/c1-15-8-16(2)10-18(9-15)31-24-19(12-28-31)25(27-14-26-24)34-13-23(33)30-17(3)11-22(32)29-20-6-4-5-7-21(20)30/h4-10,12,14,17H,11,13H2,1-3H3,(H,29,32)/t17-/m1/s1. The molecule has 9 heteroatoms. The Morgan fingerprint density at radius 1 is 1.15 bits per heavy atom. The molecular weight excluding hydrogens is 432 g/mol.